The third-order valence-corrected chi connectivity index (χ3v) is 20.7. The van der Waals surface area contributed by atoms with E-state index in [9.17, 15) is 68.7 Å². The second-order valence-electron chi connectivity index (χ2n) is 28.2. The molecule has 4 aliphatic heterocycles. The molecule has 0 bridgehead atoms. The zero-order chi connectivity index (χ0) is 78.2. The lowest BCUT2D eigenvalue weighted by Gasteiger charge is -2.38. The van der Waals surface area contributed by atoms with Crippen LogP contribution in [-0.2, 0) is 102 Å². The van der Waals surface area contributed by atoms with E-state index in [1.165, 1.54) is 34.9 Å². The number of hydrogen-bond donors (Lipinski definition) is 10. The first kappa shape index (κ1) is 79.0. The summed E-state index contributed by atoms with van der Waals surface area (Å²) in [5.41, 5.74) is 5.77. The van der Waals surface area contributed by atoms with E-state index in [0.29, 0.717) is 89.9 Å². The van der Waals surface area contributed by atoms with Crippen LogP contribution in [0.5, 0.6) is 5.75 Å². The molecule has 1 aliphatic carbocycles. The van der Waals surface area contributed by atoms with E-state index in [4.69, 9.17) is 33.4 Å². The van der Waals surface area contributed by atoms with E-state index in [0.717, 1.165) is 28.1 Å². The van der Waals surface area contributed by atoms with Gasteiger partial charge < -0.3 is 90.0 Å². The molecule has 0 spiro atoms. The Kier molecular flexibility index (Phi) is 24.8. The van der Waals surface area contributed by atoms with Crippen LogP contribution in [0.15, 0.2) is 83.7 Å². The van der Waals surface area contributed by atoms with Gasteiger partial charge in [0.15, 0.2) is 11.7 Å². The lowest BCUT2D eigenvalue weighted by molar-refractivity contribution is -0.271. The number of amides is 6. The lowest BCUT2D eigenvalue weighted by atomic mass is 9.81. The summed E-state index contributed by atoms with van der Waals surface area (Å²) in [4.78, 5) is 129. The number of aliphatic hydroxyl groups is 4. The summed E-state index contributed by atoms with van der Waals surface area (Å²) >= 11 is 0. The number of esters is 1. The van der Waals surface area contributed by atoms with Crippen molar-refractivity contribution in [3.63, 3.8) is 0 Å². The number of hydrogen-bond acceptors (Lipinski definition) is 22. The molecule has 7 aromatic rings. The predicted octanol–water partition coefficient (Wildman–Crippen LogP) is 5.27. The molecule has 7 heterocycles. The number of carboxylic acids is 1. The molecule has 3 aromatic heterocycles. The third-order valence-electron chi connectivity index (χ3n) is 20.7. The molecule has 0 saturated carbocycles. The van der Waals surface area contributed by atoms with Crippen molar-refractivity contribution in [1.29, 1.82) is 0 Å². The summed E-state index contributed by atoms with van der Waals surface area (Å²) < 4.78 is 51.8. The number of aryl methyl sites for hydroxylation is 1. The normalized spacial score (nSPS) is 19.6. The minimum absolute atomic E-state index is 0.0209. The standard InChI is InChI=1S/C78H90FN11O20/c1-6-78(104)51-34-57-65-49(38-89(57)73(99)50(51)40-107-76(78)102)64-53(24-23-46-42(4)52(79)35-55(84-65)63(46)64)85-77(103)108-39-43-22-25-58(109-75-70(97)68(95)69(96)71(110-75)74(100)101)45(33-43)36-82-59(91)26-29-81-72(98)54(18-13-14-28-80-60(92)27-30-106-32-31-105-5)83-61(93)20-11-12-21-62(94)88-37-44-15-7-8-16-47(44)66-67(90(41(2)3)87-86-66)48-17-9-10-19-56(48)88/h7-10,15-17,19,22,25,33-35,41,53-54,68-71,75,95-97,104H,6,11-14,18,20-21,23-24,26-32,36-40H2,1-5H3,(H,80,92)(H,81,98)(H,82,91)(H,83,93)(H,85,103)(H,100,101). The lowest BCUT2D eigenvalue weighted by Crippen LogP contribution is -2.61. The number of alkyl carbamates (subject to hydrolysis) is 1. The van der Waals surface area contributed by atoms with Crippen molar-refractivity contribution in [2.24, 2.45) is 0 Å². The number of aliphatic hydroxyl groups excluding tert-OH is 3. The summed E-state index contributed by atoms with van der Waals surface area (Å²) in [6.45, 7) is 7.36. The largest absolute Gasteiger partial charge is 0.479 e. The van der Waals surface area contributed by atoms with Gasteiger partial charge in [0.05, 0.1) is 72.8 Å². The molecule has 12 rings (SSSR count). The van der Waals surface area contributed by atoms with Crippen molar-refractivity contribution in [2.45, 2.75) is 192 Å². The number of nitrogens with one attached hydrogen (secondary N) is 5. The number of carboxylic acid groups (broad SMARTS) is 1. The van der Waals surface area contributed by atoms with Crippen LogP contribution in [0, 0.1) is 12.7 Å². The Balaban J connectivity index is 0.699. The zero-order valence-electron chi connectivity index (χ0n) is 61.6. The fourth-order valence-corrected chi connectivity index (χ4v) is 14.8. The number of aromatic nitrogens is 5. The van der Waals surface area contributed by atoms with Crippen molar-refractivity contribution in [3.8, 4) is 39.7 Å². The van der Waals surface area contributed by atoms with Gasteiger partial charge in [-0.25, -0.2) is 28.4 Å². The molecule has 1 saturated heterocycles. The van der Waals surface area contributed by atoms with Crippen molar-refractivity contribution in [2.75, 3.05) is 44.9 Å². The van der Waals surface area contributed by atoms with Crippen LogP contribution in [0.4, 0.5) is 14.9 Å². The maximum absolute atomic E-state index is 15.7. The molecule has 5 aliphatic rings. The first-order valence-corrected chi connectivity index (χ1v) is 37.0. The van der Waals surface area contributed by atoms with Crippen LogP contribution in [0.2, 0.25) is 0 Å². The van der Waals surface area contributed by atoms with E-state index in [2.05, 4.69) is 36.9 Å². The maximum Gasteiger partial charge on any atom is 0.407 e. The van der Waals surface area contributed by atoms with Gasteiger partial charge in [0.1, 0.15) is 54.8 Å². The zero-order valence-corrected chi connectivity index (χ0v) is 61.6. The fourth-order valence-electron chi connectivity index (χ4n) is 14.8. The molecule has 10 N–H and O–H groups in total. The van der Waals surface area contributed by atoms with Gasteiger partial charge in [0.2, 0.25) is 35.8 Å². The average molecular weight is 1520 g/mol. The molecule has 6 amide bonds. The number of benzene rings is 4. The molecule has 1 fully saturated rings. The molecule has 4 aromatic carbocycles. The summed E-state index contributed by atoms with van der Waals surface area (Å²) in [6.07, 6.45) is -8.85. The second-order valence-corrected chi connectivity index (χ2v) is 28.2. The number of para-hydroxylation sites is 1. The van der Waals surface area contributed by atoms with Gasteiger partial charge in [0.25, 0.3) is 5.56 Å². The van der Waals surface area contributed by atoms with Gasteiger partial charge in [-0.15, -0.1) is 5.10 Å². The quantitative estimate of drug-likeness (QED) is 0.0195. The van der Waals surface area contributed by atoms with Crippen molar-refractivity contribution < 1.29 is 96.7 Å². The number of nitrogens with zero attached hydrogens (tertiary/aromatic N) is 6. The van der Waals surface area contributed by atoms with Crippen LogP contribution >= 0.6 is 0 Å². The van der Waals surface area contributed by atoms with Crippen LogP contribution in [-0.4, -0.2) is 174 Å². The molecular formula is C78H90FN11O20. The van der Waals surface area contributed by atoms with Crippen molar-refractivity contribution >= 4 is 64.2 Å². The highest BCUT2D eigenvalue weighted by Gasteiger charge is 2.49. The Hall–Kier alpha value is -10.6. The molecule has 8 atom stereocenters. The number of ether oxygens (including phenoxy) is 6. The monoisotopic (exact) mass is 1520 g/mol. The van der Waals surface area contributed by atoms with E-state index < -0.39 is 102 Å². The number of methoxy groups -OCH3 is 1. The number of anilines is 1. The molecule has 584 valence electrons. The highest BCUT2D eigenvalue weighted by atomic mass is 19.1. The van der Waals surface area contributed by atoms with Crippen LogP contribution in [0.1, 0.15) is 154 Å². The SMILES string of the molecule is CCC1(O)C(=O)OCc2c1cc1n(c2=O)Cc2c-1nc1cc(F)c(C)c3c1c2C(NC(=O)OCc1ccc(OC2OC(C(=O)O)C(O)C(O)C2O)c(CNC(=O)CCNC(=O)C(CCCCNC(=O)CCOCCOC)NC(=O)CCCCC(=O)N2Cc4ccccc4-c4nnn(C(C)C)c4-c4ccccc42)c1)CC3. The Morgan fingerprint density at radius 2 is 1.55 bits per heavy atom. The van der Waals surface area contributed by atoms with E-state index in [1.54, 1.807) is 25.9 Å². The summed E-state index contributed by atoms with van der Waals surface area (Å²) in [7, 11) is 1.54. The van der Waals surface area contributed by atoms with E-state index >= 15 is 4.39 Å². The van der Waals surface area contributed by atoms with Gasteiger partial charge in [-0.3, -0.25) is 28.8 Å². The Bertz CT molecular complexity index is 4760. The van der Waals surface area contributed by atoms with Gasteiger partial charge in [-0.1, -0.05) is 60.7 Å². The number of carbonyl (C=O) groups excluding carboxylic acids is 7. The van der Waals surface area contributed by atoms with Crippen LogP contribution < -0.4 is 41.8 Å². The number of rotatable bonds is 31. The highest BCUT2D eigenvalue weighted by Crippen LogP contribution is 2.47. The highest BCUT2D eigenvalue weighted by molar-refractivity contribution is 6.00. The predicted molar refractivity (Wildman–Crippen MR) is 392 cm³/mol. The number of unbranched alkanes of at least 4 members (excludes halogenated alkanes) is 2. The third kappa shape index (κ3) is 16.8. The Morgan fingerprint density at radius 3 is 2.33 bits per heavy atom. The second kappa shape index (κ2) is 34.5. The van der Waals surface area contributed by atoms with Gasteiger partial charge >= 0.3 is 18.0 Å². The maximum atomic E-state index is 15.7. The fraction of sp³-hybridized carbons (Fsp3) is 0.462. The van der Waals surface area contributed by atoms with Gasteiger partial charge in [0, 0.05) is 97.7 Å². The molecule has 0 radical (unpaired) electrons. The molecular weight excluding hydrogens is 1430 g/mol. The average Bonchev–Trinajstić information content (AvgIpc) is 1.56. The minimum atomic E-state index is -2.11. The first-order valence-electron chi connectivity index (χ1n) is 37.0. The van der Waals surface area contributed by atoms with Crippen LogP contribution in [0.25, 0.3) is 44.8 Å². The Morgan fingerprint density at radius 1 is 0.791 bits per heavy atom. The molecule has 31 nitrogen and oxygen atoms in total. The molecule has 32 heteroatoms. The number of fused-ring (bicyclic) bond motifs is 10. The van der Waals surface area contributed by atoms with E-state index in [1.807, 2.05) is 67.1 Å². The van der Waals surface area contributed by atoms with Gasteiger partial charge in [-0.2, -0.15) is 0 Å². The topological polar surface area (TPSA) is 422 Å². The van der Waals surface area contributed by atoms with Gasteiger partial charge in [-0.05, 0) is 124 Å². The molecule has 8 unspecified atom stereocenters. The first-order chi connectivity index (χ1) is 52.9. The van der Waals surface area contributed by atoms with Crippen LogP contribution in [0.3, 0.4) is 0 Å². The van der Waals surface area contributed by atoms with Crippen molar-refractivity contribution in [3.05, 3.63) is 145 Å². The Labute approximate surface area is 631 Å². The summed E-state index contributed by atoms with van der Waals surface area (Å²) in [6, 6.07) is 20.6. The number of aliphatic carboxylic acids is 1. The summed E-state index contributed by atoms with van der Waals surface area (Å²) in [5, 5.41) is 77.2. The number of pyridine rings is 2. The van der Waals surface area contributed by atoms with Crippen molar-refractivity contribution in [1.82, 2.24) is 51.1 Å². The molecule has 110 heavy (non-hydrogen) atoms. The number of halogens is 1. The number of cyclic esters (lactones) is 1. The van der Waals surface area contributed by atoms with E-state index in [-0.39, 0.29) is 142 Å². The summed E-state index contributed by atoms with van der Waals surface area (Å²) in [5.74, 6) is -5.25. The minimum Gasteiger partial charge on any atom is -0.479 e. The smallest absolute Gasteiger partial charge is 0.407 e. The number of carbonyl (C=O) groups is 8.